The molecule has 0 fully saturated rings. The second-order valence-corrected chi connectivity index (χ2v) is 11.2. The number of hydrogen-bond acceptors (Lipinski definition) is 5. The molecule has 7 nitrogen and oxygen atoms in total. The number of aliphatic hydroxyl groups excluding tert-OH is 1. The van der Waals surface area contributed by atoms with Crippen molar-refractivity contribution in [2.75, 3.05) is 41.0 Å². The molecule has 0 aliphatic rings. The molecule has 0 heterocycles. The van der Waals surface area contributed by atoms with E-state index in [1.165, 1.54) is 25.7 Å². The number of aliphatic hydroxyl groups is 1. The van der Waals surface area contributed by atoms with Gasteiger partial charge in [-0.15, -0.1) is 0 Å². The first kappa shape index (κ1) is 37.8. The number of carboxylic acids is 1. The van der Waals surface area contributed by atoms with Gasteiger partial charge in [0.25, 0.3) is 0 Å². The molecule has 0 spiro atoms. The van der Waals surface area contributed by atoms with Gasteiger partial charge in [0.05, 0.1) is 34.4 Å². The number of carboxylic acid groups (broad SMARTS) is 1. The Morgan fingerprint density at radius 3 is 1.82 bits per heavy atom. The Morgan fingerprint density at radius 2 is 1.27 bits per heavy atom. The van der Waals surface area contributed by atoms with E-state index in [4.69, 9.17) is 9.47 Å². The van der Waals surface area contributed by atoms with Crippen molar-refractivity contribution in [1.82, 2.24) is 0 Å². The summed E-state index contributed by atoms with van der Waals surface area (Å²) in [6.45, 7) is 2.29. The van der Waals surface area contributed by atoms with Gasteiger partial charge >= 0.3 is 11.9 Å². The van der Waals surface area contributed by atoms with Crippen LogP contribution in [0.4, 0.5) is 0 Å². The van der Waals surface area contributed by atoms with E-state index in [0.717, 1.165) is 51.4 Å². The summed E-state index contributed by atoms with van der Waals surface area (Å²) < 4.78 is 10.8. The first-order valence-electron chi connectivity index (χ1n) is 15.2. The maximum absolute atomic E-state index is 11.9. The lowest BCUT2D eigenvalue weighted by Gasteiger charge is -2.31. The largest absolute Gasteiger partial charge is 0.477 e. The minimum absolute atomic E-state index is 0.0129. The van der Waals surface area contributed by atoms with Gasteiger partial charge < -0.3 is 24.2 Å². The lowest BCUT2D eigenvalue weighted by atomic mass is 10.1. The van der Waals surface area contributed by atoms with Crippen molar-refractivity contribution in [2.24, 2.45) is 0 Å². The summed E-state index contributed by atoms with van der Waals surface area (Å²) in [4.78, 5) is 23.2. The monoisotopic (exact) mass is 564 g/mol. The predicted octanol–water partition coefficient (Wildman–Crippen LogP) is 6.77. The maximum Gasteiger partial charge on any atom is 0.362 e. The van der Waals surface area contributed by atoms with Crippen molar-refractivity contribution < 1.29 is 33.8 Å². The van der Waals surface area contributed by atoms with E-state index in [9.17, 15) is 19.8 Å². The Morgan fingerprint density at radius 1 is 0.750 bits per heavy atom. The fourth-order valence-electron chi connectivity index (χ4n) is 4.08. The number of quaternary nitrogens is 1. The molecule has 0 aromatic rings. The van der Waals surface area contributed by atoms with E-state index in [1.807, 2.05) is 21.1 Å². The van der Waals surface area contributed by atoms with E-state index in [-0.39, 0.29) is 25.8 Å². The number of nitrogens with zero attached hydrogens (tertiary/aromatic N) is 1. The zero-order chi connectivity index (χ0) is 29.9. The molecule has 0 saturated heterocycles. The number of rotatable bonds is 26. The van der Waals surface area contributed by atoms with Gasteiger partial charge in [-0.1, -0.05) is 87.6 Å². The Kier molecular flexibility index (Phi) is 24.3. The average molecular weight is 565 g/mol. The van der Waals surface area contributed by atoms with E-state index in [0.29, 0.717) is 17.3 Å². The van der Waals surface area contributed by atoms with E-state index in [1.54, 1.807) is 0 Å². The summed E-state index contributed by atoms with van der Waals surface area (Å²) in [5.41, 5.74) is 0. The van der Waals surface area contributed by atoms with Gasteiger partial charge in [0.2, 0.25) is 0 Å². The molecule has 0 aliphatic carbocycles. The summed E-state index contributed by atoms with van der Waals surface area (Å²) in [7, 11) is 5.47. The van der Waals surface area contributed by atoms with E-state index >= 15 is 0 Å². The highest BCUT2D eigenvalue weighted by Crippen LogP contribution is 2.11. The third-order valence-electron chi connectivity index (χ3n) is 6.47. The van der Waals surface area contributed by atoms with Gasteiger partial charge in [-0.2, -0.15) is 0 Å². The number of aliphatic carboxylic acids is 1. The number of esters is 1. The van der Waals surface area contributed by atoms with Crippen LogP contribution in [0, 0.1) is 0 Å². The van der Waals surface area contributed by atoms with Crippen molar-refractivity contribution >= 4 is 11.9 Å². The fraction of sp³-hybridized carbons (Fsp3) is 0.697. The molecule has 40 heavy (non-hydrogen) atoms. The zero-order valence-electron chi connectivity index (χ0n) is 25.8. The molecular formula is C33H58NO6+. The molecule has 0 aromatic carbocycles. The molecular weight excluding hydrogens is 506 g/mol. The standard InChI is InChI=1S/C33H57NO6/c1-5-6-7-8-9-10-11-12-13-14-15-16-17-18-19-20-21-22-23-24-25-32(36)40-29-30(35)28-39-27-26-31(33(37)38)34(2,3)4/h6-7,9-10,12-13,15-16,30-31,35H,5,8,11,14,17-29H2,1-4H3/p+1/b7-6+,10-9+,13-12+,16-15+. The van der Waals surface area contributed by atoms with Crippen LogP contribution in [-0.4, -0.2) is 79.7 Å². The van der Waals surface area contributed by atoms with Gasteiger partial charge in [-0.25, -0.2) is 4.79 Å². The van der Waals surface area contributed by atoms with Crippen molar-refractivity contribution in [3.8, 4) is 0 Å². The van der Waals surface area contributed by atoms with Gasteiger partial charge in [-0.3, -0.25) is 4.79 Å². The Hall–Kier alpha value is -2.22. The molecule has 2 N–H and O–H groups in total. The number of allylic oxidation sites excluding steroid dienone is 8. The number of unbranched alkanes of at least 4 members (excludes halogenated alkanes) is 7. The first-order chi connectivity index (χ1) is 19.2. The molecule has 0 rings (SSSR count). The van der Waals surface area contributed by atoms with Crippen LogP contribution in [0.25, 0.3) is 0 Å². The summed E-state index contributed by atoms with van der Waals surface area (Å²) in [6.07, 6.45) is 30.7. The highest BCUT2D eigenvalue weighted by atomic mass is 16.5. The molecule has 2 unspecified atom stereocenters. The molecule has 2 atom stereocenters. The van der Waals surface area contributed by atoms with Crippen LogP contribution in [0.15, 0.2) is 48.6 Å². The molecule has 0 bridgehead atoms. The van der Waals surface area contributed by atoms with Crippen LogP contribution in [-0.2, 0) is 19.1 Å². The number of likely N-dealkylation sites (N-methyl/N-ethyl adjacent to an activating group) is 1. The molecule has 0 saturated carbocycles. The van der Waals surface area contributed by atoms with Crippen molar-refractivity contribution in [1.29, 1.82) is 0 Å². The number of carbonyl (C=O) groups is 2. The molecule has 0 aromatic heterocycles. The number of ether oxygens (including phenoxy) is 2. The van der Waals surface area contributed by atoms with Gasteiger partial charge in [0.1, 0.15) is 12.7 Å². The summed E-state index contributed by atoms with van der Waals surface area (Å²) in [6, 6.07) is -0.578. The SMILES string of the molecule is CC/C=C/C/C=C/C/C=C/C/C=C/CCCCCCCCCC(=O)OCC(O)COCCC(C(=O)O)[N+](C)(C)C. The average Bonchev–Trinajstić information content (AvgIpc) is 2.89. The first-order valence-corrected chi connectivity index (χ1v) is 15.2. The highest BCUT2D eigenvalue weighted by molar-refractivity contribution is 5.72. The second kappa shape index (κ2) is 25.7. The van der Waals surface area contributed by atoms with Gasteiger partial charge in [0.15, 0.2) is 6.04 Å². The summed E-state index contributed by atoms with van der Waals surface area (Å²) in [5, 5.41) is 19.2. The maximum atomic E-state index is 11.9. The molecule has 230 valence electrons. The van der Waals surface area contributed by atoms with Crippen LogP contribution >= 0.6 is 0 Å². The number of hydrogen-bond donors (Lipinski definition) is 2. The highest BCUT2D eigenvalue weighted by Gasteiger charge is 2.30. The fourth-order valence-corrected chi connectivity index (χ4v) is 4.08. The minimum Gasteiger partial charge on any atom is -0.477 e. The van der Waals surface area contributed by atoms with Crippen molar-refractivity contribution in [3.05, 3.63) is 48.6 Å². The Balaban J connectivity index is 3.57. The summed E-state index contributed by atoms with van der Waals surface area (Å²) in [5.74, 6) is -1.17. The Bertz CT molecular complexity index is 751. The van der Waals surface area contributed by atoms with Crippen LogP contribution in [0.1, 0.15) is 96.8 Å². The predicted molar refractivity (Wildman–Crippen MR) is 164 cm³/mol. The lowest BCUT2D eigenvalue weighted by Crippen LogP contribution is -2.50. The van der Waals surface area contributed by atoms with Crippen LogP contribution in [0.5, 0.6) is 0 Å². The van der Waals surface area contributed by atoms with E-state index < -0.39 is 18.1 Å². The number of carbonyl (C=O) groups excluding carboxylic acids is 1. The second-order valence-electron chi connectivity index (χ2n) is 11.2. The van der Waals surface area contributed by atoms with Crippen molar-refractivity contribution in [3.63, 3.8) is 0 Å². The van der Waals surface area contributed by atoms with Crippen LogP contribution < -0.4 is 0 Å². The van der Waals surface area contributed by atoms with E-state index in [2.05, 4.69) is 55.5 Å². The molecule has 0 radical (unpaired) electrons. The third kappa shape index (κ3) is 24.8. The summed E-state index contributed by atoms with van der Waals surface area (Å²) >= 11 is 0. The Labute approximate surface area is 244 Å². The van der Waals surface area contributed by atoms with Gasteiger partial charge in [-0.05, 0) is 44.9 Å². The smallest absolute Gasteiger partial charge is 0.362 e. The van der Waals surface area contributed by atoms with Gasteiger partial charge in [0, 0.05) is 12.8 Å². The molecule has 0 aliphatic heterocycles. The quantitative estimate of drug-likeness (QED) is 0.0521. The normalized spacial score (nSPS) is 14.1. The topological polar surface area (TPSA) is 93.1 Å². The molecule has 0 amide bonds. The lowest BCUT2D eigenvalue weighted by molar-refractivity contribution is -0.887. The van der Waals surface area contributed by atoms with Crippen LogP contribution in [0.3, 0.4) is 0 Å². The third-order valence-corrected chi connectivity index (χ3v) is 6.47. The minimum atomic E-state index is -0.909. The zero-order valence-corrected chi connectivity index (χ0v) is 25.8. The van der Waals surface area contributed by atoms with Crippen molar-refractivity contribution in [2.45, 2.75) is 109 Å². The van der Waals surface area contributed by atoms with Crippen LogP contribution in [0.2, 0.25) is 0 Å². The molecule has 7 heteroatoms.